The van der Waals surface area contributed by atoms with E-state index in [0.29, 0.717) is 41.2 Å². The van der Waals surface area contributed by atoms with Gasteiger partial charge in [0, 0.05) is 25.2 Å². The van der Waals surface area contributed by atoms with E-state index in [0.717, 1.165) is 12.8 Å². The molecule has 6 nitrogen and oxygen atoms in total. The molecule has 1 unspecified atom stereocenters. The van der Waals surface area contributed by atoms with E-state index in [2.05, 4.69) is 10.3 Å². The molecular weight excluding hydrogens is 495 g/mol. The van der Waals surface area contributed by atoms with Gasteiger partial charge in [0.1, 0.15) is 5.82 Å². The Bertz CT molecular complexity index is 1190. The van der Waals surface area contributed by atoms with Crippen LogP contribution in [0, 0.1) is 23.2 Å². The third kappa shape index (κ3) is 4.81. The Balaban J connectivity index is 1.38. The number of carbonyl (C=O) groups excluding carboxylic acids is 2. The predicted octanol–water partition coefficient (Wildman–Crippen LogP) is 5.50. The van der Waals surface area contributed by atoms with Crippen LogP contribution >= 0.6 is 0 Å². The molecule has 4 N–H and O–H groups in total. The highest BCUT2D eigenvalue weighted by Gasteiger charge is 2.71. The average Bonchev–Trinajstić information content (AvgIpc) is 3.17. The Morgan fingerprint density at radius 1 is 1.22 bits per heavy atom. The predicted molar refractivity (Wildman–Crippen MR) is 125 cm³/mol. The van der Waals surface area contributed by atoms with Crippen molar-refractivity contribution in [2.24, 2.45) is 28.9 Å². The highest BCUT2D eigenvalue weighted by atomic mass is 19.4. The first-order valence-electron chi connectivity index (χ1n) is 12.8. The monoisotopic (exact) mass is 526 g/mol. The molecule has 1 heterocycles. The summed E-state index contributed by atoms with van der Waals surface area (Å²) in [7, 11) is 0. The number of nitrogens with one attached hydrogen (secondary N) is 2. The van der Waals surface area contributed by atoms with Gasteiger partial charge in [0.15, 0.2) is 0 Å². The maximum Gasteiger partial charge on any atom is 0.389 e. The molecule has 202 valence electrons. The first kappa shape index (κ1) is 25.9. The fourth-order valence-corrected chi connectivity index (χ4v) is 6.77. The van der Waals surface area contributed by atoms with E-state index in [4.69, 9.17) is 10.7 Å². The summed E-state index contributed by atoms with van der Waals surface area (Å²) in [6.45, 7) is 1.69. The number of halogens is 5. The normalized spacial score (nSPS) is 28.7. The van der Waals surface area contributed by atoms with Crippen LogP contribution in [0.5, 0.6) is 0 Å². The summed E-state index contributed by atoms with van der Waals surface area (Å²) < 4.78 is 65.1. The Morgan fingerprint density at radius 3 is 2.46 bits per heavy atom. The molecule has 0 spiro atoms. The third-order valence-corrected chi connectivity index (χ3v) is 8.90. The number of benzene rings is 1. The first-order chi connectivity index (χ1) is 17.3. The minimum Gasteiger partial charge on any atom is -0.369 e. The molecule has 2 amide bonds. The maximum absolute atomic E-state index is 13.9. The van der Waals surface area contributed by atoms with Crippen LogP contribution < -0.4 is 11.1 Å². The molecule has 2 aromatic rings. The van der Waals surface area contributed by atoms with Gasteiger partial charge >= 0.3 is 6.18 Å². The molecule has 0 aliphatic heterocycles. The molecule has 1 aromatic carbocycles. The quantitative estimate of drug-likeness (QED) is 0.396. The van der Waals surface area contributed by atoms with Crippen molar-refractivity contribution in [2.75, 3.05) is 0 Å². The number of fused-ring (bicyclic) bond motifs is 1. The SMILES string of the molecule is C[C@@H](NC(=O)CCC(F)(F)F)c1ccc2nc([C@@H](C3CCC(F)(F)CC3)C3C4CC3(C(N)=O)C4)[nH]c2c1. The molecule has 4 fully saturated rings. The van der Waals surface area contributed by atoms with E-state index in [-0.39, 0.29) is 36.5 Å². The summed E-state index contributed by atoms with van der Waals surface area (Å²) in [6.07, 6.45) is -4.43. The zero-order chi connectivity index (χ0) is 26.8. The maximum atomic E-state index is 13.9. The van der Waals surface area contributed by atoms with E-state index in [1.807, 2.05) is 0 Å². The molecule has 11 heteroatoms. The van der Waals surface area contributed by atoms with E-state index < -0.39 is 42.3 Å². The summed E-state index contributed by atoms with van der Waals surface area (Å²) in [4.78, 5) is 32.4. The summed E-state index contributed by atoms with van der Waals surface area (Å²) in [6, 6.07) is 4.79. The molecule has 4 saturated carbocycles. The van der Waals surface area contributed by atoms with Crippen LogP contribution in [0.3, 0.4) is 0 Å². The number of hydrogen-bond acceptors (Lipinski definition) is 3. The van der Waals surface area contributed by atoms with Gasteiger partial charge in [-0.05, 0) is 68.1 Å². The van der Waals surface area contributed by atoms with Gasteiger partial charge in [-0.15, -0.1) is 0 Å². The highest BCUT2D eigenvalue weighted by molar-refractivity contribution is 5.85. The van der Waals surface area contributed by atoms with Gasteiger partial charge in [0.05, 0.1) is 28.9 Å². The second kappa shape index (κ2) is 8.94. The van der Waals surface area contributed by atoms with Crippen LogP contribution in [-0.4, -0.2) is 33.9 Å². The smallest absolute Gasteiger partial charge is 0.369 e. The van der Waals surface area contributed by atoms with Crippen LogP contribution in [0.4, 0.5) is 22.0 Å². The fourth-order valence-electron chi connectivity index (χ4n) is 6.77. The minimum atomic E-state index is -4.40. The number of imidazole rings is 1. The van der Waals surface area contributed by atoms with Crippen LogP contribution in [0.25, 0.3) is 11.0 Å². The highest BCUT2D eigenvalue weighted by Crippen LogP contribution is 2.73. The molecule has 0 saturated heterocycles. The Morgan fingerprint density at radius 2 is 1.89 bits per heavy atom. The number of hydrogen-bond donors (Lipinski definition) is 3. The third-order valence-electron chi connectivity index (χ3n) is 8.90. The Hall–Kier alpha value is -2.72. The lowest BCUT2D eigenvalue weighted by Crippen LogP contribution is -2.69. The number of primary amides is 1. The van der Waals surface area contributed by atoms with Gasteiger partial charge < -0.3 is 16.0 Å². The van der Waals surface area contributed by atoms with Crippen LogP contribution in [-0.2, 0) is 9.59 Å². The number of alkyl halides is 5. The van der Waals surface area contributed by atoms with Gasteiger partial charge in [-0.1, -0.05) is 6.07 Å². The summed E-state index contributed by atoms with van der Waals surface area (Å²) in [5.74, 6) is -2.96. The van der Waals surface area contributed by atoms with Crippen LogP contribution in [0.2, 0.25) is 0 Å². The van der Waals surface area contributed by atoms with Gasteiger partial charge in [-0.2, -0.15) is 13.2 Å². The van der Waals surface area contributed by atoms with E-state index in [1.165, 1.54) is 0 Å². The van der Waals surface area contributed by atoms with E-state index in [9.17, 15) is 31.5 Å². The fraction of sp³-hybridized carbons (Fsp3) is 0.654. The lowest BCUT2D eigenvalue weighted by atomic mass is 9.33. The zero-order valence-corrected chi connectivity index (χ0v) is 20.5. The van der Waals surface area contributed by atoms with Crippen LogP contribution in [0.15, 0.2) is 18.2 Å². The van der Waals surface area contributed by atoms with Gasteiger partial charge in [0.25, 0.3) is 0 Å². The van der Waals surface area contributed by atoms with Crippen molar-refractivity contribution in [1.82, 2.24) is 15.3 Å². The average molecular weight is 527 g/mol. The minimum absolute atomic E-state index is 0.0198. The van der Waals surface area contributed by atoms with Crippen molar-refractivity contribution < 1.29 is 31.5 Å². The molecular formula is C26H31F5N4O2. The molecule has 2 bridgehead atoms. The second-order valence-corrected chi connectivity index (χ2v) is 11.2. The van der Waals surface area contributed by atoms with E-state index >= 15 is 0 Å². The van der Waals surface area contributed by atoms with Crippen molar-refractivity contribution in [2.45, 2.75) is 82.3 Å². The molecule has 4 aliphatic rings. The number of rotatable bonds is 8. The molecule has 4 aliphatic carbocycles. The van der Waals surface area contributed by atoms with Crippen molar-refractivity contribution in [3.8, 4) is 0 Å². The lowest BCUT2D eigenvalue weighted by molar-refractivity contribution is -0.210. The molecule has 1 aromatic heterocycles. The number of nitrogens with zero attached hydrogens (tertiary/aromatic N) is 1. The second-order valence-electron chi connectivity index (χ2n) is 11.2. The molecule has 37 heavy (non-hydrogen) atoms. The Labute approximate surface area is 210 Å². The van der Waals surface area contributed by atoms with Crippen LogP contribution in [0.1, 0.15) is 81.6 Å². The zero-order valence-electron chi connectivity index (χ0n) is 20.5. The number of nitrogens with two attached hydrogens (primary N) is 1. The lowest BCUT2D eigenvalue weighted by Gasteiger charge is -2.69. The van der Waals surface area contributed by atoms with Crippen molar-refractivity contribution >= 4 is 22.8 Å². The molecule has 6 rings (SSSR count). The number of aromatic nitrogens is 2. The summed E-state index contributed by atoms with van der Waals surface area (Å²) in [5.41, 5.74) is 7.21. The number of aromatic amines is 1. The van der Waals surface area contributed by atoms with Crippen molar-refractivity contribution in [3.63, 3.8) is 0 Å². The van der Waals surface area contributed by atoms with Gasteiger partial charge in [-0.25, -0.2) is 13.8 Å². The van der Waals surface area contributed by atoms with E-state index in [1.54, 1.807) is 25.1 Å². The molecule has 0 radical (unpaired) electrons. The summed E-state index contributed by atoms with van der Waals surface area (Å²) in [5, 5.41) is 2.59. The first-order valence-corrected chi connectivity index (χ1v) is 12.8. The van der Waals surface area contributed by atoms with Gasteiger partial charge in [-0.3, -0.25) is 9.59 Å². The summed E-state index contributed by atoms with van der Waals surface area (Å²) >= 11 is 0. The van der Waals surface area contributed by atoms with Crippen molar-refractivity contribution in [1.29, 1.82) is 0 Å². The largest absolute Gasteiger partial charge is 0.389 e. The topological polar surface area (TPSA) is 101 Å². The Kier molecular flexibility index (Phi) is 6.26. The van der Waals surface area contributed by atoms with Gasteiger partial charge in [0.2, 0.25) is 17.7 Å². The standard InChI is InChI=1S/C26H31F5N4O2/c1-13(33-19(36)6-9-26(29,30)31)15-2-3-17-18(10-15)35-22(34-17)20(14-4-7-25(27,28)8-5-14)21-16-11-24(21,12-16)23(32)37/h2-3,10,13-14,16,20-21H,4-9,11-12H2,1H3,(H2,32,37)(H,33,36)(H,34,35)/t13-,16?,20+,21?,24?/m1/s1. The number of H-pyrrole nitrogens is 1. The molecule has 3 atom stereocenters. The number of carbonyl (C=O) groups is 2. The van der Waals surface area contributed by atoms with Crippen molar-refractivity contribution in [3.05, 3.63) is 29.6 Å². The number of amides is 2.